The van der Waals surface area contributed by atoms with Gasteiger partial charge >= 0.3 is 0 Å². The molecule has 0 fully saturated rings. The fourth-order valence-electron chi connectivity index (χ4n) is 3.25. The molecule has 0 saturated carbocycles. The molecule has 2 aromatic heterocycles. The van der Waals surface area contributed by atoms with Crippen LogP contribution < -0.4 is 15.4 Å². The summed E-state index contributed by atoms with van der Waals surface area (Å²) < 4.78 is 5.91. The summed E-state index contributed by atoms with van der Waals surface area (Å²) in [5.41, 5.74) is 4.01. The molecule has 0 aliphatic rings. The molecule has 2 heterocycles. The number of carbonyl (C=O) groups is 2. The highest BCUT2D eigenvalue weighted by Gasteiger charge is 2.09. The summed E-state index contributed by atoms with van der Waals surface area (Å²) in [6.45, 7) is 4.13. The number of hydrogen-bond donors (Lipinski definition) is 2. The van der Waals surface area contributed by atoms with Crippen LogP contribution >= 0.6 is 23.1 Å². The number of thioether (sulfide) groups is 1. The number of hydrogen-bond acceptors (Lipinski definition) is 7. The Balaban J connectivity index is 1.30. The van der Waals surface area contributed by atoms with Crippen molar-refractivity contribution < 1.29 is 14.3 Å². The molecule has 9 heteroatoms. The maximum Gasteiger partial charge on any atom is 0.265 e. The predicted molar refractivity (Wildman–Crippen MR) is 140 cm³/mol. The van der Waals surface area contributed by atoms with Gasteiger partial charge in [-0.1, -0.05) is 36.0 Å². The van der Waals surface area contributed by atoms with E-state index in [-0.39, 0.29) is 17.6 Å². The Morgan fingerprint density at radius 2 is 1.66 bits per heavy atom. The lowest BCUT2D eigenvalue weighted by Crippen LogP contribution is -2.14. The third kappa shape index (κ3) is 7.40. The Labute approximate surface area is 212 Å². The van der Waals surface area contributed by atoms with Crippen molar-refractivity contribution in [2.75, 3.05) is 16.4 Å². The molecule has 4 aromatic rings. The highest BCUT2D eigenvalue weighted by molar-refractivity contribution is 7.99. The number of thiophene rings is 1. The van der Waals surface area contributed by atoms with Crippen molar-refractivity contribution in [1.82, 2.24) is 9.97 Å². The molecule has 2 aromatic carbocycles. The van der Waals surface area contributed by atoms with Crippen molar-refractivity contribution in [1.29, 1.82) is 0 Å². The first-order valence-electron chi connectivity index (χ1n) is 10.9. The number of anilines is 2. The quantitative estimate of drug-likeness (QED) is 0.224. The molecule has 178 valence electrons. The molecule has 0 bridgehead atoms. The molecule has 35 heavy (non-hydrogen) atoms. The molecule has 0 saturated heterocycles. The molecule has 0 spiro atoms. The molecule has 2 N–H and O–H groups in total. The maximum atomic E-state index is 12.4. The van der Waals surface area contributed by atoms with E-state index in [4.69, 9.17) is 4.74 Å². The highest BCUT2D eigenvalue weighted by atomic mass is 32.2. The number of nitrogens with one attached hydrogen (secondary N) is 2. The van der Waals surface area contributed by atoms with Gasteiger partial charge in [-0.05, 0) is 61.2 Å². The molecule has 0 aliphatic heterocycles. The number of carbonyl (C=O) groups excluding carboxylic acids is 2. The van der Waals surface area contributed by atoms with Gasteiger partial charge in [0, 0.05) is 28.8 Å². The van der Waals surface area contributed by atoms with Gasteiger partial charge in [-0.25, -0.2) is 9.97 Å². The summed E-state index contributed by atoms with van der Waals surface area (Å²) in [6, 6.07) is 20.3. The lowest BCUT2D eigenvalue weighted by molar-refractivity contribution is -0.113. The predicted octanol–water partition coefficient (Wildman–Crippen LogP) is 5.72. The van der Waals surface area contributed by atoms with Crippen LogP contribution in [0.4, 0.5) is 11.4 Å². The summed E-state index contributed by atoms with van der Waals surface area (Å²) in [6.07, 6.45) is 0. The van der Waals surface area contributed by atoms with Gasteiger partial charge in [0.1, 0.15) is 12.4 Å². The average Bonchev–Trinajstić information content (AvgIpc) is 3.37. The summed E-state index contributed by atoms with van der Waals surface area (Å²) in [7, 11) is 0. The van der Waals surface area contributed by atoms with Gasteiger partial charge in [-0.2, -0.15) is 0 Å². The zero-order valence-corrected chi connectivity index (χ0v) is 20.9. The van der Waals surface area contributed by atoms with Gasteiger partial charge in [-0.15, -0.1) is 11.3 Å². The van der Waals surface area contributed by atoms with Crippen LogP contribution in [0.15, 0.2) is 77.3 Å². The molecule has 0 atom stereocenters. The van der Waals surface area contributed by atoms with Crippen molar-refractivity contribution in [3.05, 3.63) is 93.9 Å². The number of benzene rings is 2. The van der Waals surface area contributed by atoms with Crippen molar-refractivity contribution in [2.45, 2.75) is 25.6 Å². The van der Waals surface area contributed by atoms with Crippen LogP contribution in [0.3, 0.4) is 0 Å². The van der Waals surface area contributed by atoms with Crippen molar-refractivity contribution in [3.63, 3.8) is 0 Å². The van der Waals surface area contributed by atoms with Crippen LogP contribution in [0.2, 0.25) is 0 Å². The summed E-state index contributed by atoms with van der Waals surface area (Å²) in [5.74, 6) is 0.564. The Kier molecular flexibility index (Phi) is 8.12. The summed E-state index contributed by atoms with van der Waals surface area (Å²) in [4.78, 5) is 34.0. The fourth-order valence-corrected chi connectivity index (χ4v) is 4.62. The molecular formula is C26H24N4O3S2. The minimum Gasteiger partial charge on any atom is -0.489 e. The van der Waals surface area contributed by atoms with Crippen LogP contribution in [0, 0.1) is 13.8 Å². The summed E-state index contributed by atoms with van der Waals surface area (Å²) in [5, 5.41) is 8.24. The number of aryl methyl sites for hydroxylation is 2. The minimum absolute atomic E-state index is 0.134. The van der Waals surface area contributed by atoms with Crippen LogP contribution in [0.1, 0.15) is 26.6 Å². The fraction of sp³-hybridized carbons (Fsp3) is 0.154. The third-order valence-corrected chi connectivity index (χ3v) is 6.46. The summed E-state index contributed by atoms with van der Waals surface area (Å²) >= 11 is 2.69. The van der Waals surface area contributed by atoms with Crippen LogP contribution in [-0.2, 0) is 11.4 Å². The van der Waals surface area contributed by atoms with E-state index >= 15 is 0 Å². The van der Waals surface area contributed by atoms with Gasteiger partial charge in [0.25, 0.3) is 5.91 Å². The first-order chi connectivity index (χ1) is 16.9. The van der Waals surface area contributed by atoms with Gasteiger partial charge in [0.2, 0.25) is 5.91 Å². The van der Waals surface area contributed by atoms with Crippen molar-refractivity contribution in [2.24, 2.45) is 0 Å². The molecule has 0 unspecified atom stereocenters. The second-order valence-electron chi connectivity index (χ2n) is 7.72. The number of aromatic nitrogens is 2. The highest BCUT2D eigenvalue weighted by Crippen LogP contribution is 2.21. The largest absolute Gasteiger partial charge is 0.489 e. The molecule has 4 rings (SSSR count). The number of rotatable bonds is 9. The van der Waals surface area contributed by atoms with E-state index < -0.39 is 0 Å². The van der Waals surface area contributed by atoms with Crippen molar-refractivity contribution in [3.8, 4) is 5.75 Å². The zero-order chi connectivity index (χ0) is 24.6. The first kappa shape index (κ1) is 24.4. The first-order valence-corrected chi connectivity index (χ1v) is 12.7. The van der Waals surface area contributed by atoms with E-state index in [2.05, 4.69) is 20.6 Å². The SMILES string of the molecule is Cc1cc(C)nc(SCC(=O)Nc2cccc(COc3cccc(NC(=O)c4cccs4)c3)c2)n1. The van der Waals surface area contributed by atoms with Crippen LogP contribution in [0.5, 0.6) is 5.75 Å². The maximum absolute atomic E-state index is 12.4. The van der Waals surface area contributed by atoms with Gasteiger partial charge < -0.3 is 15.4 Å². The molecule has 0 aliphatic carbocycles. The minimum atomic E-state index is -0.150. The lowest BCUT2D eigenvalue weighted by atomic mass is 10.2. The van der Waals surface area contributed by atoms with E-state index in [1.807, 2.05) is 73.8 Å². The lowest BCUT2D eigenvalue weighted by Gasteiger charge is -2.10. The van der Waals surface area contributed by atoms with Gasteiger partial charge in [-0.3, -0.25) is 9.59 Å². The van der Waals surface area contributed by atoms with Crippen molar-refractivity contribution >= 4 is 46.3 Å². The Bertz CT molecular complexity index is 1310. The molecular weight excluding hydrogens is 480 g/mol. The van der Waals surface area contributed by atoms with Crippen LogP contribution in [-0.4, -0.2) is 27.5 Å². The second kappa shape index (κ2) is 11.6. The smallest absolute Gasteiger partial charge is 0.265 e. The van der Waals surface area contributed by atoms with Gasteiger partial charge in [0.05, 0.1) is 10.6 Å². The van der Waals surface area contributed by atoms with Gasteiger partial charge in [0.15, 0.2) is 5.16 Å². The Hall–Kier alpha value is -3.69. The van der Waals surface area contributed by atoms with E-state index in [1.54, 1.807) is 12.1 Å². The molecule has 7 nitrogen and oxygen atoms in total. The number of ether oxygens (including phenoxy) is 1. The standard InChI is InChI=1S/C26H24N4O3S2/c1-17-12-18(2)28-26(27-17)35-16-24(31)29-20-7-3-6-19(13-20)15-33-22-9-4-8-21(14-22)30-25(32)23-10-5-11-34-23/h3-14H,15-16H2,1-2H3,(H,29,31)(H,30,32). The molecule has 0 radical (unpaired) electrons. The molecule has 2 amide bonds. The second-order valence-corrected chi connectivity index (χ2v) is 9.61. The average molecular weight is 505 g/mol. The normalized spacial score (nSPS) is 10.6. The van der Waals surface area contributed by atoms with E-state index in [0.29, 0.717) is 33.8 Å². The number of nitrogens with zero attached hydrogens (tertiary/aromatic N) is 2. The van der Waals surface area contributed by atoms with E-state index in [1.165, 1.54) is 23.1 Å². The van der Waals surface area contributed by atoms with Crippen LogP contribution in [0.25, 0.3) is 0 Å². The topological polar surface area (TPSA) is 93.2 Å². The Morgan fingerprint density at radius 1 is 0.914 bits per heavy atom. The third-order valence-electron chi connectivity index (χ3n) is 4.75. The number of amides is 2. The van der Waals surface area contributed by atoms with E-state index in [0.717, 1.165) is 17.0 Å². The zero-order valence-electron chi connectivity index (χ0n) is 19.3. The monoisotopic (exact) mass is 504 g/mol. The Morgan fingerprint density at radius 3 is 2.40 bits per heavy atom. The van der Waals surface area contributed by atoms with E-state index in [9.17, 15) is 9.59 Å².